The average molecular weight is 377 g/mol. The van der Waals surface area contributed by atoms with Crippen molar-refractivity contribution in [2.75, 3.05) is 17.3 Å². The molecule has 5 heteroatoms. The van der Waals surface area contributed by atoms with E-state index >= 15 is 0 Å². The molecule has 1 fully saturated rings. The van der Waals surface area contributed by atoms with Crippen LogP contribution in [0.15, 0.2) is 0 Å². The van der Waals surface area contributed by atoms with Crippen LogP contribution in [0.2, 0.25) is 0 Å². The van der Waals surface area contributed by atoms with Crippen LogP contribution in [0.5, 0.6) is 0 Å². The van der Waals surface area contributed by atoms with Gasteiger partial charge >= 0.3 is 109 Å². The van der Waals surface area contributed by atoms with Crippen LogP contribution in [0.3, 0.4) is 0 Å². The van der Waals surface area contributed by atoms with E-state index < -0.39 is 16.0 Å². The van der Waals surface area contributed by atoms with Crippen LogP contribution in [0, 0.1) is 0 Å². The van der Waals surface area contributed by atoms with Gasteiger partial charge in [-0.3, -0.25) is 0 Å². The Bertz CT molecular complexity index is 133. The zero-order chi connectivity index (χ0) is 10.2. The fraction of sp³-hybridized carbons (Fsp3) is 1.00. The van der Waals surface area contributed by atoms with E-state index in [0.29, 0.717) is 0 Å². The van der Waals surface area contributed by atoms with Gasteiger partial charge in [-0.2, -0.15) is 0 Å². The molecular formula is C9H19S4Sb. The van der Waals surface area contributed by atoms with Crippen molar-refractivity contribution in [3.63, 3.8) is 0 Å². The third-order valence-corrected chi connectivity index (χ3v) is 29.3. The number of hydrogen-bond donors (Lipinski definition) is 0. The first-order valence-electron chi connectivity index (χ1n) is 5.21. The fourth-order valence-electron chi connectivity index (χ4n) is 0.823. The van der Waals surface area contributed by atoms with Crippen LogP contribution in [0.4, 0.5) is 0 Å². The van der Waals surface area contributed by atoms with Gasteiger partial charge in [0.2, 0.25) is 0 Å². The van der Waals surface area contributed by atoms with E-state index in [9.17, 15) is 0 Å². The molecule has 84 valence electrons. The van der Waals surface area contributed by atoms with Crippen molar-refractivity contribution in [3.05, 3.63) is 0 Å². The molecule has 14 heavy (non-hydrogen) atoms. The van der Waals surface area contributed by atoms with E-state index in [2.05, 4.69) is 52.2 Å². The summed E-state index contributed by atoms with van der Waals surface area (Å²) >= 11 is 1.18. The molecule has 1 atom stereocenters. The molecule has 0 radical (unpaired) electrons. The molecule has 1 rings (SSSR count). The summed E-state index contributed by atoms with van der Waals surface area (Å²) in [5.74, 6) is 4.23. The quantitative estimate of drug-likeness (QED) is 0.573. The predicted molar refractivity (Wildman–Crippen MR) is 79.7 cm³/mol. The molecule has 0 aliphatic carbocycles. The number of thioether (sulfide) groups is 1. The molecular weight excluding hydrogens is 358 g/mol. The molecule has 0 amide bonds. The zero-order valence-electron chi connectivity index (χ0n) is 8.90. The van der Waals surface area contributed by atoms with E-state index in [1.807, 2.05) is 0 Å². The molecule has 0 aromatic rings. The summed E-state index contributed by atoms with van der Waals surface area (Å²) in [5, 5.41) is 0. The van der Waals surface area contributed by atoms with Gasteiger partial charge in [0, 0.05) is 0 Å². The molecule has 1 aliphatic heterocycles. The summed E-state index contributed by atoms with van der Waals surface area (Å²) in [6, 6.07) is 0. The van der Waals surface area contributed by atoms with Crippen molar-refractivity contribution in [1.29, 1.82) is 0 Å². The van der Waals surface area contributed by atoms with Gasteiger partial charge in [0.1, 0.15) is 0 Å². The topological polar surface area (TPSA) is 0 Å². The first kappa shape index (κ1) is 14.3. The molecule has 1 aliphatic rings. The summed E-state index contributed by atoms with van der Waals surface area (Å²) in [4.78, 5) is 0. The van der Waals surface area contributed by atoms with Crippen molar-refractivity contribution in [1.82, 2.24) is 0 Å². The Balaban J connectivity index is 2.12. The summed E-state index contributed by atoms with van der Waals surface area (Å²) < 4.78 is 0.992. The van der Waals surface area contributed by atoms with E-state index in [1.54, 1.807) is 0 Å². The van der Waals surface area contributed by atoms with E-state index in [0.717, 1.165) is 4.58 Å². The van der Waals surface area contributed by atoms with Crippen molar-refractivity contribution in [3.8, 4) is 0 Å². The van der Waals surface area contributed by atoms with E-state index in [1.165, 1.54) is 36.5 Å². The van der Waals surface area contributed by atoms with Gasteiger partial charge in [-0.25, -0.2) is 0 Å². The Morgan fingerprint density at radius 2 is 1.79 bits per heavy atom. The Morgan fingerprint density at radius 1 is 1.21 bits per heavy atom. The van der Waals surface area contributed by atoms with Gasteiger partial charge in [-0.05, 0) is 0 Å². The van der Waals surface area contributed by atoms with E-state index in [4.69, 9.17) is 0 Å². The van der Waals surface area contributed by atoms with Gasteiger partial charge in [-0.15, -0.1) is 0 Å². The van der Waals surface area contributed by atoms with Crippen molar-refractivity contribution in [2.45, 2.75) is 37.7 Å². The molecule has 1 saturated heterocycles. The zero-order valence-corrected chi connectivity index (χ0v) is 14.7. The van der Waals surface area contributed by atoms with Gasteiger partial charge in [0.15, 0.2) is 0 Å². The van der Waals surface area contributed by atoms with Crippen molar-refractivity contribution < 1.29 is 0 Å². The Labute approximate surface area is 108 Å². The van der Waals surface area contributed by atoms with Crippen LogP contribution < -0.4 is 0 Å². The van der Waals surface area contributed by atoms with Crippen LogP contribution in [0.25, 0.3) is 0 Å². The van der Waals surface area contributed by atoms with Crippen molar-refractivity contribution >= 4 is 54.3 Å². The summed E-state index contributed by atoms with van der Waals surface area (Å²) in [5.41, 5.74) is 0. The molecule has 1 unspecified atom stereocenters. The summed E-state index contributed by atoms with van der Waals surface area (Å²) in [7, 11) is 7.05. The molecule has 1 heterocycles. The minimum absolute atomic E-state index is 0.992. The normalized spacial score (nSPS) is 21.2. The molecule has 0 aromatic heterocycles. The maximum atomic E-state index is 2.38. The monoisotopic (exact) mass is 376 g/mol. The first-order chi connectivity index (χ1) is 6.86. The summed E-state index contributed by atoms with van der Waals surface area (Å²) in [6.45, 7) is 4.61. The fourth-order valence-corrected chi connectivity index (χ4v) is 32.8. The van der Waals surface area contributed by atoms with Crippen LogP contribution >= 0.6 is 38.3 Å². The third kappa shape index (κ3) is 6.08. The third-order valence-electron chi connectivity index (χ3n) is 1.66. The average Bonchev–Trinajstić information content (AvgIpc) is 2.14. The molecule has 0 bridgehead atoms. The standard InChI is InChI=1S/C3H6S2.2C3H8S.Sb/c4-3-1-2-5-3;2*1-2-3-4;/h3-4H,1-2H2;2*4H,2-3H2,1H3;/q;;;+3/p-3. The van der Waals surface area contributed by atoms with Gasteiger partial charge in [0.05, 0.1) is 0 Å². The molecule has 0 aromatic carbocycles. The molecule has 0 saturated carbocycles. The second-order valence-electron chi connectivity index (χ2n) is 3.08. The number of rotatable bonds is 8. The Kier molecular flexibility index (Phi) is 9.45. The molecule has 0 spiro atoms. The van der Waals surface area contributed by atoms with Crippen LogP contribution in [0.1, 0.15) is 33.1 Å². The van der Waals surface area contributed by atoms with Crippen LogP contribution in [-0.2, 0) is 0 Å². The Morgan fingerprint density at radius 3 is 2.14 bits per heavy atom. The SMILES string of the molecule is CCC[S][Sb]([S]CCC)[S]C1CCS1. The second kappa shape index (κ2) is 9.27. The summed E-state index contributed by atoms with van der Waals surface area (Å²) in [6.07, 6.45) is 4.20. The van der Waals surface area contributed by atoms with Gasteiger partial charge in [-0.1, -0.05) is 0 Å². The maximum absolute atomic E-state index is 2.38. The predicted octanol–water partition coefficient (Wildman–Crippen LogP) is 4.45. The molecule has 0 N–H and O–H groups in total. The van der Waals surface area contributed by atoms with Crippen LogP contribution in [-0.4, -0.2) is 37.8 Å². The van der Waals surface area contributed by atoms with Gasteiger partial charge in [0.25, 0.3) is 0 Å². The Hall–Kier alpha value is 2.22. The minimum atomic E-state index is -1.00. The second-order valence-corrected chi connectivity index (χ2v) is 26.3. The van der Waals surface area contributed by atoms with Gasteiger partial charge < -0.3 is 0 Å². The number of hydrogen-bond acceptors (Lipinski definition) is 4. The molecule has 0 nitrogen and oxygen atoms in total. The van der Waals surface area contributed by atoms with Crippen molar-refractivity contribution in [2.24, 2.45) is 0 Å². The first-order valence-corrected chi connectivity index (χ1v) is 18.4. The van der Waals surface area contributed by atoms with E-state index in [-0.39, 0.29) is 0 Å².